The van der Waals surface area contributed by atoms with Crippen molar-refractivity contribution in [3.63, 3.8) is 0 Å². The van der Waals surface area contributed by atoms with Gasteiger partial charge in [0.25, 0.3) is 11.6 Å². The zero-order valence-electron chi connectivity index (χ0n) is 17.6. The average molecular weight is 437 g/mol. The van der Waals surface area contributed by atoms with Gasteiger partial charge < -0.3 is 5.11 Å². The summed E-state index contributed by atoms with van der Waals surface area (Å²) >= 11 is 5.95. The van der Waals surface area contributed by atoms with Gasteiger partial charge in [0.1, 0.15) is 5.57 Å². The van der Waals surface area contributed by atoms with Gasteiger partial charge in [-0.25, -0.2) is 4.68 Å². The maximum atomic E-state index is 13.4. The predicted octanol–water partition coefficient (Wildman–Crippen LogP) is 2.65. The van der Waals surface area contributed by atoms with Crippen molar-refractivity contribution in [2.45, 2.75) is 33.7 Å². The lowest BCUT2D eigenvalue weighted by Gasteiger charge is -2.18. The quantitative estimate of drug-likeness (QED) is 0.465. The molecule has 0 unspecified atom stereocenters. The molecule has 0 aliphatic carbocycles. The monoisotopic (exact) mass is 436 g/mol. The van der Waals surface area contributed by atoms with E-state index in [1.807, 2.05) is 19.1 Å². The lowest BCUT2D eigenvalue weighted by Crippen LogP contribution is -2.42. The maximum absolute atomic E-state index is 13.4. The molecule has 2 amide bonds. The molecule has 0 radical (unpaired) electrons. The Balaban J connectivity index is 1.96. The number of rotatable bonds is 4. The number of carbonyl (C=O) groups excluding carboxylic acids is 2. The Kier molecular flexibility index (Phi) is 5.15. The third kappa shape index (κ3) is 3.41. The first-order chi connectivity index (χ1) is 14.7. The second-order valence-electron chi connectivity index (χ2n) is 7.73. The summed E-state index contributed by atoms with van der Waals surface area (Å²) in [5.74, 6) is -1.41. The number of hydrogen-bond acceptors (Lipinski definition) is 4. The van der Waals surface area contributed by atoms with E-state index in [1.165, 1.54) is 9.58 Å². The van der Waals surface area contributed by atoms with Crippen molar-refractivity contribution in [3.05, 3.63) is 70.6 Å². The summed E-state index contributed by atoms with van der Waals surface area (Å²) in [6.07, 6.45) is 3.42. The largest absolute Gasteiger partial charge is 0.858 e. The highest BCUT2D eigenvalue weighted by molar-refractivity contribution is 6.45. The molecule has 0 N–H and O–H groups in total. The van der Waals surface area contributed by atoms with Crippen LogP contribution < -0.4 is 9.67 Å². The maximum Gasteiger partial charge on any atom is 0.327 e. The molecule has 4 rings (SSSR count). The van der Waals surface area contributed by atoms with Crippen LogP contribution in [0.5, 0.6) is 5.88 Å². The minimum Gasteiger partial charge on any atom is -0.858 e. The molecule has 31 heavy (non-hydrogen) atoms. The molecule has 3 heterocycles. The molecule has 7 nitrogen and oxygen atoms in total. The molecule has 1 aliphatic rings. The first kappa shape index (κ1) is 20.8. The molecule has 0 spiro atoms. The van der Waals surface area contributed by atoms with Gasteiger partial charge in [0.15, 0.2) is 12.4 Å². The molecule has 0 saturated heterocycles. The number of aromatic nitrogens is 3. The van der Waals surface area contributed by atoms with Crippen molar-refractivity contribution in [2.75, 3.05) is 0 Å². The minimum atomic E-state index is -0.501. The van der Waals surface area contributed by atoms with Crippen LogP contribution in [-0.4, -0.2) is 32.5 Å². The number of nitrogens with zero attached hydrogens (tertiary/aromatic N) is 4. The van der Waals surface area contributed by atoms with E-state index >= 15 is 0 Å². The average Bonchev–Trinajstić information content (AvgIpc) is 3.15. The predicted molar refractivity (Wildman–Crippen MR) is 114 cm³/mol. The zero-order valence-corrected chi connectivity index (χ0v) is 18.3. The topological polar surface area (TPSA) is 82.1 Å². The summed E-state index contributed by atoms with van der Waals surface area (Å²) in [4.78, 5) is 27.8. The van der Waals surface area contributed by atoms with Crippen LogP contribution in [0, 0.1) is 13.8 Å². The van der Waals surface area contributed by atoms with Crippen molar-refractivity contribution in [1.29, 1.82) is 0 Å². The lowest BCUT2D eigenvalue weighted by atomic mass is 10.0. The molecular weight excluding hydrogens is 416 g/mol. The van der Waals surface area contributed by atoms with E-state index in [1.54, 1.807) is 62.0 Å². The van der Waals surface area contributed by atoms with Crippen molar-refractivity contribution >= 4 is 34.7 Å². The normalized spacial score (nSPS) is 14.3. The van der Waals surface area contributed by atoms with Crippen LogP contribution >= 0.6 is 11.6 Å². The number of carbonyl (C=O) groups is 2. The van der Waals surface area contributed by atoms with Crippen LogP contribution in [0.4, 0.5) is 0 Å². The summed E-state index contributed by atoms with van der Waals surface area (Å²) in [5.41, 5.74) is 2.23. The highest BCUT2D eigenvalue weighted by Crippen LogP contribution is 2.37. The zero-order chi connectivity index (χ0) is 22.4. The van der Waals surface area contributed by atoms with Crippen LogP contribution in [0.25, 0.3) is 17.0 Å². The van der Waals surface area contributed by atoms with Crippen molar-refractivity contribution < 1.29 is 19.3 Å². The Morgan fingerprint density at radius 1 is 1.00 bits per heavy atom. The number of benzene rings is 1. The highest BCUT2D eigenvalue weighted by atomic mass is 35.5. The van der Waals surface area contributed by atoms with E-state index in [9.17, 15) is 14.7 Å². The Morgan fingerprint density at radius 2 is 1.61 bits per heavy atom. The Morgan fingerprint density at radius 3 is 2.19 bits per heavy atom. The number of pyridine rings is 1. The fourth-order valence-electron chi connectivity index (χ4n) is 3.67. The second kappa shape index (κ2) is 7.67. The standard InChI is InChI=1S/C23H21ClN4O3/c1-13(2)27-21(29)19(20(23(27)31)26-11-9-14(3)10-12-26)18-15(4)25-28(22(18)30)17-7-5-16(24)6-8-17/h5-13H,1-4H3. The minimum absolute atomic E-state index is 0.0651. The van der Waals surface area contributed by atoms with Gasteiger partial charge in [-0.1, -0.05) is 11.6 Å². The molecular formula is C23H21ClN4O3. The number of amides is 2. The Labute approximate surface area is 184 Å². The molecule has 1 aromatic carbocycles. The van der Waals surface area contributed by atoms with Gasteiger partial charge in [-0.15, -0.1) is 0 Å². The van der Waals surface area contributed by atoms with Gasteiger partial charge in [0, 0.05) is 28.8 Å². The summed E-state index contributed by atoms with van der Waals surface area (Å²) in [6, 6.07) is 9.97. The first-order valence-corrected chi connectivity index (χ1v) is 10.2. The third-order valence-corrected chi connectivity index (χ3v) is 5.45. The molecule has 158 valence electrons. The van der Waals surface area contributed by atoms with Crippen LogP contribution in [0.2, 0.25) is 5.02 Å². The number of aryl methyl sites for hydroxylation is 2. The molecule has 1 aliphatic heterocycles. The molecule has 3 aromatic rings. The highest BCUT2D eigenvalue weighted by Gasteiger charge is 2.47. The number of imide groups is 1. The van der Waals surface area contributed by atoms with E-state index in [4.69, 9.17) is 11.6 Å². The molecule has 0 bridgehead atoms. The van der Waals surface area contributed by atoms with Crippen molar-refractivity contribution in [3.8, 4) is 11.6 Å². The molecule has 0 atom stereocenters. The summed E-state index contributed by atoms with van der Waals surface area (Å²) in [7, 11) is 0. The molecule has 0 fully saturated rings. The summed E-state index contributed by atoms with van der Waals surface area (Å²) in [6.45, 7) is 7.11. The van der Waals surface area contributed by atoms with Crippen molar-refractivity contribution in [2.24, 2.45) is 0 Å². The van der Waals surface area contributed by atoms with E-state index in [0.29, 0.717) is 16.4 Å². The van der Waals surface area contributed by atoms with Gasteiger partial charge in [-0.3, -0.25) is 14.5 Å². The van der Waals surface area contributed by atoms with Crippen LogP contribution in [0.3, 0.4) is 0 Å². The fourth-order valence-corrected chi connectivity index (χ4v) is 3.80. The van der Waals surface area contributed by atoms with Crippen LogP contribution in [-0.2, 0) is 9.59 Å². The third-order valence-electron chi connectivity index (χ3n) is 5.20. The van der Waals surface area contributed by atoms with Crippen LogP contribution in [0.1, 0.15) is 30.7 Å². The summed E-state index contributed by atoms with van der Waals surface area (Å²) in [5, 5.41) is 18.3. The second-order valence-corrected chi connectivity index (χ2v) is 8.17. The van der Waals surface area contributed by atoms with Gasteiger partial charge in [-0.05, 0) is 63.4 Å². The lowest BCUT2D eigenvalue weighted by molar-refractivity contribution is -0.577. The molecule has 0 saturated carbocycles. The van der Waals surface area contributed by atoms with E-state index < -0.39 is 17.7 Å². The summed E-state index contributed by atoms with van der Waals surface area (Å²) < 4.78 is 2.81. The number of halogens is 1. The van der Waals surface area contributed by atoms with Gasteiger partial charge >= 0.3 is 5.91 Å². The molecule has 2 aromatic heterocycles. The fraction of sp³-hybridized carbons (Fsp3) is 0.217. The van der Waals surface area contributed by atoms with E-state index in [2.05, 4.69) is 5.10 Å². The van der Waals surface area contributed by atoms with Gasteiger partial charge in [0.2, 0.25) is 0 Å². The smallest absolute Gasteiger partial charge is 0.327 e. The Bertz CT molecular complexity index is 1220. The van der Waals surface area contributed by atoms with Crippen LogP contribution in [0.15, 0.2) is 48.8 Å². The first-order valence-electron chi connectivity index (χ1n) is 9.84. The van der Waals surface area contributed by atoms with E-state index in [-0.39, 0.29) is 22.9 Å². The SMILES string of the molecule is Cc1cc[n+](C2=C(c3c(C)nn(-c4ccc(Cl)cc4)c3[O-])C(=O)N(C(C)C)C2=O)cc1. The van der Waals surface area contributed by atoms with Gasteiger partial charge in [0.05, 0.1) is 11.4 Å². The van der Waals surface area contributed by atoms with Crippen molar-refractivity contribution in [1.82, 2.24) is 14.7 Å². The molecule has 8 heteroatoms. The number of hydrogen-bond donors (Lipinski definition) is 0. The Hall–Kier alpha value is -3.45. The van der Waals surface area contributed by atoms with E-state index in [0.717, 1.165) is 5.56 Å². The van der Waals surface area contributed by atoms with Gasteiger partial charge in [-0.2, -0.15) is 9.67 Å².